The molecule has 154 valence electrons. The number of nitrogens with zero attached hydrogens (tertiary/aromatic N) is 1. The predicted octanol–water partition coefficient (Wildman–Crippen LogP) is 5.07. The fourth-order valence-corrected chi connectivity index (χ4v) is 3.72. The highest BCUT2D eigenvalue weighted by atomic mass is 16.6. The van der Waals surface area contributed by atoms with Crippen LogP contribution in [0, 0.1) is 5.92 Å². The van der Waals surface area contributed by atoms with Gasteiger partial charge in [-0.3, -0.25) is 9.59 Å². The number of hydrogen-bond acceptors (Lipinski definition) is 4. The third-order valence-corrected chi connectivity index (χ3v) is 5.29. The molecular weight excluding hydrogens is 354 g/mol. The molecule has 0 saturated carbocycles. The lowest BCUT2D eigenvalue weighted by Gasteiger charge is -2.37. The number of benzene rings is 1. The number of rotatable bonds is 11. The molecule has 1 heterocycles. The molecule has 0 N–H and O–H groups in total. The van der Waals surface area contributed by atoms with Gasteiger partial charge >= 0.3 is 5.97 Å². The molecule has 5 heteroatoms. The van der Waals surface area contributed by atoms with E-state index in [0.29, 0.717) is 12.3 Å². The maximum absolute atomic E-state index is 13.0. The highest BCUT2D eigenvalue weighted by molar-refractivity contribution is 6.09. The first kappa shape index (κ1) is 22.1. The van der Waals surface area contributed by atoms with E-state index < -0.39 is 17.7 Å². The summed E-state index contributed by atoms with van der Waals surface area (Å²) in [5.41, 5.74) is -0.514. The minimum atomic E-state index is -1.26. The summed E-state index contributed by atoms with van der Waals surface area (Å²) >= 11 is 0. The van der Waals surface area contributed by atoms with Crippen molar-refractivity contribution in [3.8, 4) is 0 Å². The Bertz CT molecular complexity index is 683. The minimum absolute atomic E-state index is 0.186. The summed E-state index contributed by atoms with van der Waals surface area (Å²) in [5, 5.41) is 0. The van der Waals surface area contributed by atoms with E-state index in [2.05, 4.69) is 11.9 Å². The average Bonchev–Trinajstić information content (AvgIpc) is 3.02. The van der Waals surface area contributed by atoms with Gasteiger partial charge in [-0.25, -0.2) is 0 Å². The molecule has 1 aliphatic heterocycles. The summed E-state index contributed by atoms with van der Waals surface area (Å²) in [5.74, 6) is -0.645. The minimum Gasteiger partial charge on any atom is -0.458 e. The van der Waals surface area contributed by atoms with Crippen molar-refractivity contribution in [1.82, 2.24) is 0 Å². The normalized spacial score (nSPS) is 20.0. The van der Waals surface area contributed by atoms with E-state index in [4.69, 9.17) is 9.47 Å². The largest absolute Gasteiger partial charge is 0.458 e. The second-order valence-corrected chi connectivity index (χ2v) is 7.79. The highest BCUT2D eigenvalue weighted by Crippen LogP contribution is 2.37. The number of unbranched alkanes of at least 4 members (excludes halogenated alkanes) is 5. The van der Waals surface area contributed by atoms with Gasteiger partial charge < -0.3 is 9.47 Å². The van der Waals surface area contributed by atoms with Crippen LogP contribution in [0.15, 0.2) is 35.3 Å². The first-order valence-corrected chi connectivity index (χ1v) is 10.5. The molecule has 0 bridgehead atoms. The van der Waals surface area contributed by atoms with E-state index >= 15 is 0 Å². The standard InChI is InChI=1S/C23H33NO4/c1-5-6-7-8-9-13-16-20(27-18(4)25)23(17(2)3)22(26)24-21(28-23)19-14-11-10-12-15-19/h10-12,14-15,17,20H,5-9,13,16H2,1-4H3/t20-,23-/m0/s1. The van der Waals surface area contributed by atoms with Gasteiger partial charge in [0.05, 0.1) is 0 Å². The summed E-state index contributed by atoms with van der Waals surface area (Å²) in [7, 11) is 0. The Morgan fingerprint density at radius 1 is 1.11 bits per heavy atom. The molecule has 0 unspecified atom stereocenters. The van der Waals surface area contributed by atoms with Crippen molar-refractivity contribution in [2.75, 3.05) is 0 Å². The number of hydrogen-bond donors (Lipinski definition) is 0. The highest BCUT2D eigenvalue weighted by Gasteiger charge is 2.56. The SMILES string of the molecule is CCCCCCCC[C@H](OC(C)=O)[C@]1(C(C)C)OC(c2ccccc2)=NC1=O. The Morgan fingerprint density at radius 3 is 2.36 bits per heavy atom. The van der Waals surface area contributed by atoms with Gasteiger partial charge in [0.15, 0.2) is 6.10 Å². The maximum Gasteiger partial charge on any atom is 0.303 e. The van der Waals surface area contributed by atoms with Crippen molar-refractivity contribution in [3.05, 3.63) is 35.9 Å². The van der Waals surface area contributed by atoms with E-state index in [9.17, 15) is 9.59 Å². The van der Waals surface area contributed by atoms with E-state index in [1.807, 2.05) is 44.2 Å². The molecule has 5 nitrogen and oxygen atoms in total. The van der Waals surface area contributed by atoms with Crippen LogP contribution in [0.25, 0.3) is 0 Å². The second-order valence-electron chi connectivity index (χ2n) is 7.79. The van der Waals surface area contributed by atoms with Crippen LogP contribution in [-0.4, -0.2) is 29.5 Å². The molecule has 1 amide bonds. The number of carbonyl (C=O) groups is 2. The van der Waals surface area contributed by atoms with Crippen LogP contribution in [0.5, 0.6) is 0 Å². The van der Waals surface area contributed by atoms with E-state index in [0.717, 1.165) is 24.8 Å². The Hall–Kier alpha value is -2.17. The number of carbonyl (C=O) groups excluding carboxylic acids is 2. The van der Waals surface area contributed by atoms with Crippen molar-refractivity contribution < 1.29 is 19.1 Å². The van der Waals surface area contributed by atoms with Gasteiger partial charge in [0, 0.05) is 18.4 Å². The van der Waals surface area contributed by atoms with Gasteiger partial charge in [-0.05, 0) is 25.0 Å². The number of ether oxygens (including phenoxy) is 2. The number of aliphatic imine (C=N–C) groups is 1. The van der Waals surface area contributed by atoms with Crippen molar-refractivity contribution in [3.63, 3.8) is 0 Å². The Kier molecular flexibility index (Phi) is 8.21. The van der Waals surface area contributed by atoms with Crippen molar-refractivity contribution in [2.24, 2.45) is 10.9 Å². The van der Waals surface area contributed by atoms with Gasteiger partial charge in [0.1, 0.15) is 0 Å². The van der Waals surface area contributed by atoms with Crippen LogP contribution in [0.4, 0.5) is 0 Å². The van der Waals surface area contributed by atoms with Gasteiger partial charge in [-0.2, -0.15) is 4.99 Å². The zero-order chi connectivity index (χ0) is 20.6. The lowest BCUT2D eigenvalue weighted by Crippen LogP contribution is -2.54. The monoisotopic (exact) mass is 387 g/mol. The Morgan fingerprint density at radius 2 is 1.75 bits per heavy atom. The zero-order valence-electron chi connectivity index (χ0n) is 17.6. The summed E-state index contributed by atoms with van der Waals surface area (Å²) < 4.78 is 11.8. The fourth-order valence-electron chi connectivity index (χ4n) is 3.72. The van der Waals surface area contributed by atoms with Gasteiger partial charge in [-0.1, -0.05) is 71.1 Å². The molecule has 2 atom stereocenters. The smallest absolute Gasteiger partial charge is 0.303 e. The third-order valence-electron chi connectivity index (χ3n) is 5.29. The summed E-state index contributed by atoms with van der Waals surface area (Å²) in [4.78, 5) is 29.0. The molecule has 0 fully saturated rings. The number of esters is 1. The van der Waals surface area contributed by atoms with Crippen LogP contribution in [0.2, 0.25) is 0 Å². The molecule has 0 saturated heterocycles. The maximum atomic E-state index is 13.0. The summed E-state index contributed by atoms with van der Waals surface area (Å²) in [6.45, 7) is 7.40. The van der Waals surface area contributed by atoms with Gasteiger partial charge in [-0.15, -0.1) is 0 Å². The van der Waals surface area contributed by atoms with Crippen molar-refractivity contribution >= 4 is 17.8 Å². The van der Waals surface area contributed by atoms with E-state index in [1.165, 1.54) is 26.2 Å². The molecule has 1 aromatic rings. The lowest BCUT2D eigenvalue weighted by molar-refractivity contribution is -0.170. The molecule has 1 aliphatic rings. The Labute approximate surface area is 168 Å². The van der Waals surface area contributed by atoms with Gasteiger partial charge in [0.2, 0.25) is 11.5 Å². The van der Waals surface area contributed by atoms with Crippen LogP contribution >= 0.6 is 0 Å². The summed E-state index contributed by atoms with van der Waals surface area (Å²) in [6.07, 6.45) is 6.67. The lowest BCUT2D eigenvalue weighted by atomic mass is 9.81. The average molecular weight is 388 g/mol. The second kappa shape index (κ2) is 10.4. The van der Waals surface area contributed by atoms with Crippen LogP contribution in [0.1, 0.15) is 78.2 Å². The van der Waals surface area contributed by atoms with Crippen LogP contribution in [0.3, 0.4) is 0 Å². The molecule has 1 aromatic carbocycles. The molecular formula is C23H33NO4. The predicted molar refractivity (Wildman–Crippen MR) is 110 cm³/mol. The molecule has 0 aliphatic carbocycles. The van der Waals surface area contributed by atoms with Crippen LogP contribution < -0.4 is 0 Å². The molecule has 0 aromatic heterocycles. The third kappa shape index (κ3) is 5.21. The van der Waals surface area contributed by atoms with Crippen LogP contribution in [-0.2, 0) is 19.1 Å². The molecule has 28 heavy (non-hydrogen) atoms. The van der Waals surface area contributed by atoms with E-state index in [-0.39, 0.29) is 11.8 Å². The summed E-state index contributed by atoms with van der Waals surface area (Å²) in [6, 6.07) is 9.37. The fraction of sp³-hybridized carbons (Fsp3) is 0.609. The molecule has 0 spiro atoms. The number of amides is 1. The zero-order valence-corrected chi connectivity index (χ0v) is 17.6. The van der Waals surface area contributed by atoms with E-state index in [1.54, 1.807) is 0 Å². The first-order chi connectivity index (χ1) is 13.4. The quantitative estimate of drug-likeness (QED) is 0.393. The topological polar surface area (TPSA) is 65.0 Å². The molecule has 2 rings (SSSR count). The first-order valence-electron chi connectivity index (χ1n) is 10.5. The van der Waals surface area contributed by atoms with Crippen molar-refractivity contribution in [2.45, 2.75) is 84.3 Å². The van der Waals surface area contributed by atoms with Crippen molar-refractivity contribution in [1.29, 1.82) is 0 Å². The Balaban J connectivity index is 2.17. The molecule has 0 radical (unpaired) electrons. The van der Waals surface area contributed by atoms with Gasteiger partial charge in [0.25, 0.3) is 5.91 Å².